The fourth-order valence-corrected chi connectivity index (χ4v) is 2.54. The molecule has 4 heteroatoms. The van der Waals surface area contributed by atoms with E-state index in [2.05, 4.69) is 0 Å². The summed E-state index contributed by atoms with van der Waals surface area (Å²) < 4.78 is 0. The molecule has 0 fully saturated rings. The minimum absolute atomic E-state index is 0.0145. The Bertz CT molecular complexity index is 370. The SMILES string of the molecule is NC1CCc2cc(C=O)sc2C1=O. The summed E-state index contributed by atoms with van der Waals surface area (Å²) in [6.07, 6.45) is 2.29. The molecule has 68 valence electrons. The second kappa shape index (κ2) is 3.05. The van der Waals surface area contributed by atoms with Crippen LogP contribution in [-0.2, 0) is 6.42 Å². The molecule has 0 saturated heterocycles. The van der Waals surface area contributed by atoms with Crippen LogP contribution in [0, 0.1) is 0 Å². The van der Waals surface area contributed by atoms with Gasteiger partial charge in [-0.15, -0.1) is 11.3 Å². The van der Waals surface area contributed by atoms with Crippen LogP contribution in [0.2, 0.25) is 0 Å². The third-order valence-corrected chi connectivity index (χ3v) is 3.35. The first-order chi connectivity index (χ1) is 6.22. The lowest BCUT2D eigenvalue weighted by atomic mass is 9.94. The average molecular weight is 195 g/mol. The van der Waals surface area contributed by atoms with Crippen LogP contribution in [0.4, 0.5) is 0 Å². The maximum Gasteiger partial charge on any atom is 0.189 e. The molecule has 1 aromatic heterocycles. The number of Topliss-reactive ketones (excluding diaryl/α,β-unsaturated/α-hetero) is 1. The molecule has 0 aromatic carbocycles. The van der Waals surface area contributed by atoms with Crippen molar-refractivity contribution in [1.82, 2.24) is 0 Å². The zero-order chi connectivity index (χ0) is 9.42. The van der Waals surface area contributed by atoms with E-state index in [0.29, 0.717) is 16.2 Å². The Balaban J connectivity index is 2.47. The van der Waals surface area contributed by atoms with Gasteiger partial charge in [-0.3, -0.25) is 9.59 Å². The van der Waals surface area contributed by atoms with E-state index in [1.807, 2.05) is 0 Å². The maximum absolute atomic E-state index is 11.5. The Morgan fingerprint density at radius 3 is 3.08 bits per heavy atom. The minimum Gasteiger partial charge on any atom is -0.321 e. The van der Waals surface area contributed by atoms with E-state index in [1.165, 1.54) is 11.3 Å². The maximum atomic E-state index is 11.5. The van der Waals surface area contributed by atoms with Crippen LogP contribution >= 0.6 is 11.3 Å². The number of aldehydes is 1. The van der Waals surface area contributed by atoms with Gasteiger partial charge in [-0.1, -0.05) is 0 Å². The zero-order valence-electron chi connectivity index (χ0n) is 6.95. The van der Waals surface area contributed by atoms with Gasteiger partial charge in [0.25, 0.3) is 0 Å². The summed E-state index contributed by atoms with van der Waals surface area (Å²) >= 11 is 1.25. The molecule has 2 N–H and O–H groups in total. The summed E-state index contributed by atoms with van der Waals surface area (Å²) in [5.74, 6) is -0.0145. The molecule has 0 saturated carbocycles. The number of aryl methyl sites for hydroxylation is 1. The predicted molar refractivity (Wildman–Crippen MR) is 50.3 cm³/mol. The number of hydrogen-bond donors (Lipinski definition) is 1. The summed E-state index contributed by atoms with van der Waals surface area (Å²) in [5, 5.41) is 0. The van der Waals surface area contributed by atoms with E-state index >= 15 is 0 Å². The van der Waals surface area contributed by atoms with E-state index in [-0.39, 0.29) is 11.8 Å². The number of carbonyl (C=O) groups excluding carboxylic acids is 2. The van der Waals surface area contributed by atoms with Gasteiger partial charge in [-0.25, -0.2) is 0 Å². The molecule has 0 bridgehead atoms. The number of thiophene rings is 1. The van der Waals surface area contributed by atoms with E-state index in [1.54, 1.807) is 6.07 Å². The second-order valence-corrected chi connectivity index (χ2v) is 4.21. The summed E-state index contributed by atoms with van der Waals surface area (Å²) in [4.78, 5) is 23.3. The molecule has 0 spiro atoms. The molecule has 1 unspecified atom stereocenters. The quantitative estimate of drug-likeness (QED) is 0.680. The van der Waals surface area contributed by atoms with Gasteiger partial charge in [0.1, 0.15) is 0 Å². The van der Waals surface area contributed by atoms with Gasteiger partial charge in [-0.2, -0.15) is 0 Å². The molecule has 1 aliphatic carbocycles. The highest BCUT2D eigenvalue weighted by Crippen LogP contribution is 2.28. The molecule has 1 atom stereocenters. The van der Waals surface area contributed by atoms with Crippen molar-refractivity contribution < 1.29 is 9.59 Å². The Morgan fingerprint density at radius 2 is 2.38 bits per heavy atom. The first-order valence-corrected chi connectivity index (χ1v) is 4.91. The number of fused-ring (bicyclic) bond motifs is 1. The van der Waals surface area contributed by atoms with Crippen molar-refractivity contribution in [3.8, 4) is 0 Å². The summed E-state index contributed by atoms with van der Waals surface area (Å²) in [5.41, 5.74) is 6.60. The number of carbonyl (C=O) groups is 2. The van der Waals surface area contributed by atoms with E-state index in [4.69, 9.17) is 5.73 Å². The van der Waals surface area contributed by atoms with Gasteiger partial charge in [0.15, 0.2) is 12.1 Å². The highest BCUT2D eigenvalue weighted by Gasteiger charge is 2.26. The monoisotopic (exact) mass is 195 g/mol. The van der Waals surface area contributed by atoms with Crippen molar-refractivity contribution in [1.29, 1.82) is 0 Å². The number of nitrogens with two attached hydrogens (primary N) is 1. The first-order valence-electron chi connectivity index (χ1n) is 4.10. The molecule has 1 aromatic rings. The van der Waals surface area contributed by atoms with Gasteiger partial charge < -0.3 is 5.73 Å². The Kier molecular flexibility index (Phi) is 2.01. The van der Waals surface area contributed by atoms with Gasteiger partial charge >= 0.3 is 0 Å². The van der Waals surface area contributed by atoms with E-state index in [0.717, 1.165) is 18.3 Å². The Labute approximate surface area is 79.6 Å². The fraction of sp³-hybridized carbons (Fsp3) is 0.333. The lowest BCUT2D eigenvalue weighted by Gasteiger charge is -2.15. The van der Waals surface area contributed by atoms with Gasteiger partial charge in [0, 0.05) is 0 Å². The summed E-state index contributed by atoms with van der Waals surface area (Å²) in [6.45, 7) is 0. The van der Waals surface area contributed by atoms with Gasteiger partial charge in [0.05, 0.1) is 15.8 Å². The predicted octanol–water partition coefficient (Wildman–Crippen LogP) is 1.02. The molecular weight excluding hydrogens is 186 g/mol. The normalized spacial score (nSPS) is 21.3. The highest BCUT2D eigenvalue weighted by atomic mass is 32.1. The van der Waals surface area contributed by atoms with Crippen LogP contribution < -0.4 is 5.73 Å². The average Bonchev–Trinajstić information content (AvgIpc) is 2.55. The lowest BCUT2D eigenvalue weighted by Crippen LogP contribution is -2.34. The molecule has 1 heterocycles. The molecule has 13 heavy (non-hydrogen) atoms. The van der Waals surface area contributed by atoms with Crippen molar-refractivity contribution in [2.24, 2.45) is 5.73 Å². The van der Waals surface area contributed by atoms with Crippen LogP contribution in [0.5, 0.6) is 0 Å². The molecule has 0 amide bonds. The van der Waals surface area contributed by atoms with Crippen LogP contribution in [0.15, 0.2) is 6.07 Å². The smallest absolute Gasteiger partial charge is 0.189 e. The van der Waals surface area contributed by atoms with Gasteiger partial charge in [0.2, 0.25) is 0 Å². The van der Waals surface area contributed by atoms with Crippen LogP contribution in [0.1, 0.15) is 31.3 Å². The van der Waals surface area contributed by atoms with Gasteiger partial charge in [-0.05, 0) is 24.5 Å². The highest BCUT2D eigenvalue weighted by molar-refractivity contribution is 7.15. The molecule has 3 nitrogen and oxygen atoms in total. The number of hydrogen-bond acceptors (Lipinski definition) is 4. The van der Waals surface area contributed by atoms with E-state index < -0.39 is 0 Å². The standard InChI is InChI=1S/C9H9NO2S/c10-7-2-1-5-3-6(4-11)13-9(5)8(7)12/h3-4,7H,1-2,10H2. The third-order valence-electron chi connectivity index (χ3n) is 2.23. The van der Waals surface area contributed by atoms with Crippen LogP contribution in [0.3, 0.4) is 0 Å². The minimum atomic E-state index is -0.370. The Hall–Kier alpha value is -1.00. The molecule has 2 rings (SSSR count). The molecule has 0 aliphatic heterocycles. The third kappa shape index (κ3) is 1.32. The zero-order valence-corrected chi connectivity index (χ0v) is 7.76. The number of ketones is 1. The second-order valence-electron chi connectivity index (χ2n) is 3.13. The van der Waals surface area contributed by atoms with Crippen molar-refractivity contribution in [2.45, 2.75) is 18.9 Å². The van der Waals surface area contributed by atoms with Crippen LogP contribution in [-0.4, -0.2) is 18.1 Å². The summed E-state index contributed by atoms with van der Waals surface area (Å²) in [7, 11) is 0. The lowest BCUT2D eigenvalue weighted by molar-refractivity contribution is 0.0953. The summed E-state index contributed by atoms with van der Waals surface area (Å²) in [6, 6.07) is 1.42. The Morgan fingerprint density at radius 1 is 1.62 bits per heavy atom. The molecular formula is C9H9NO2S. The molecule has 1 aliphatic rings. The van der Waals surface area contributed by atoms with Crippen LogP contribution in [0.25, 0.3) is 0 Å². The first kappa shape index (κ1) is 8.59. The number of rotatable bonds is 1. The van der Waals surface area contributed by atoms with Crippen molar-refractivity contribution in [3.63, 3.8) is 0 Å². The van der Waals surface area contributed by atoms with Crippen molar-refractivity contribution in [3.05, 3.63) is 21.4 Å². The topological polar surface area (TPSA) is 60.2 Å². The van der Waals surface area contributed by atoms with Crippen molar-refractivity contribution in [2.75, 3.05) is 0 Å². The largest absolute Gasteiger partial charge is 0.321 e. The van der Waals surface area contributed by atoms with E-state index in [9.17, 15) is 9.59 Å². The fourth-order valence-electron chi connectivity index (χ4n) is 1.51. The van der Waals surface area contributed by atoms with Crippen molar-refractivity contribution >= 4 is 23.4 Å². The molecule has 0 radical (unpaired) electrons.